The van der Waals surface area contributed by atoms with Gasteiger partial charge < -0.3 is 9.84 Å². The fourth-order valence-electron chi connectivity index (χ4n) is 2.78. The van der Waals surface area contributed by atoms with Gasteiger partial charge in [-0.15, -0.1) is 0 Å². The zero-order chi connectivity index (χ0) is 13.9. The highest BCUT2D eigenvalue weighted by Gasteiger charge is 2.36. The van der Waals surface area contributed by atoms with Gasteiger partial charge in [0.25, 0.3) is 0 Å². The van der Waals surface area contributed by atoms with Crippen LogP contribution in [0, 0.1) is 0 Å². The van der Waals surface area contributed by atoms with Crippen molar-refractivity contribution in [2.45, 2.75) is 64.1 Å². The highest BCUT2D eigenvalue weighted by Crippen LogP contribution is 2.42. The monoisotopic (exact) mass is 326 g/mol. The molecule has 2 unspecified atom stereocenters. The Morgan fingerprint density at radius 1 is 1.37 bits per heavy atom. The van der Waals surface area contributed by atoms with Crippen LogP contribution in [0.15, 0.2) is 22.7 Å². The topological polar surface area (TPSA) is 29.5 Å². The van der Waals surface area contributed by atoms with Crippen molar-refractivity contribution in [3.05, 3.63) is 28.2 Å². The average molecular weight is 327 g/mol. The van der Waals surface area contributed by atoms with Gasteiger partial charge in [-0.05, 0) is 31.9 Å². The minimum absolute atomic E-state index is 0.235. The van der Waals surface area contributed by atoms with Crippen LogP contribution in [-0.4, -0.2) is 10.7 Å². The first-order valence-corrected chi connectivity index (χ1v) is 8.00. The van der Waals surface area contributed by atoms with E-state index in [4.69, 9.17) is 4.74 Å². The number of rotatable bonds is 5. The first-order chi connectivity index (χ1) is 9.04. The van der Waals surface area contributed by atoms with E-state index in [2.05, 4.69) is 29.8 Å². The summed E-state index contributed by atoms with van der Waals surface area (Å²) < 4.78 is 7.16. The van der Waals surface area contributed by atoms with Crippen LogP contribution in [0.4, 0.5) is 0 Å². The molecule has 2 nitrogen and oxygen atoms in total. The Bertz CT molecular complexity index is 433. The lowest BCUT2D eigenvalue weighted by Crippen LogP contribution is -2.38. The second-order valence-corrected chi connectivity index (χ2v) is 6.68. The quantitative estimate of drug-likeness (QED) is 0.772. The predicted octanol–water partition coefficient (Wildman–Crippen LogP) is 4.99. The first kappa shape index (κ1) is 14.9. The molecule has 0 aromatic heterocycles. The lowest BCUT2D eigenvalue weighted by atomic mass is 9.86. The summed E-state index contributed by atoms with van der Waals surface area (Å²) in [5.41, 5.74) is 0.676. The normalized spacial score (nSPS) is 25.8. The Balaban J connectivity index is 2.05. The molecular weight excluding hydrogens is 304 g/mol. The molecular formula is C16H23BrO2. The summed E-state index contributed by atoms with van der Waals surface area (Å²) in [7, 11) is 0. The molecule has 19 heavy (non-hydrogen) atoms. The van der Waals surface area contributed by atoms with E-state index in [1.54, 1.807) is 0 Å². The van der Waals surface area contributed by atoms with Crippen LogP contribution in [0.3, 0.4) is 0 Å². The number of hydrogen-bond acceptors (Lipinski definition) is 2. The summed E-state index contributed by atoms with van der Waals surface area (Å²) in [6.07, 6.45) is 6.23. The van der Waals surface area contributed by atoms with Crippen molar-refractivity contribution in [2.75, 3.05) is 0 Å². The van der Waals surface area contributed by atoms with Gasteiger partial charge in [-0.3, -0.25) is 0 Å². The van der Waals surface area contributed by atoms with Crippen molar-refractivity contribution >= 4 is 15.9 Å². The second-order valence-electron chi connectivity index (χ2n) is 5.76. The number of halogens is 1. The zero-order valence-corrected chi connectivity index (χ0v) is 13.4. The molecule has 0 amide bonds. The fraction of sp³-hybridized carbons (Fsp3) is 0.625. The van der Waals surface area contributed by atoms with E-state index in [0.717, 1.165) is 22.2 Å². The number of ether oxygens (including phenoxy) is 1. The maximum Gasteiger partial charge on any atom is 0.127 e. The van der Waals surface area contributed by atoms with Gasteiger partial charge in [0.2, 0.25) is 0 Å². The van der Waals surface area contributed by atoms with Gasteiger partial charge in [0.15, 0.2) is 0 Å². The fourth-order valence-corrected chi connectivity index (χ4v) is 3.12. The molecule has 1 aliphatic rings. The van der Waals surface area contributed by atoms with Crippen molar-refractivity contribution in [1.29, 1.82) is 0 Å². The molecule has 2 atom stereocenters. The number of fused-ring (bicyclic) bond motifs is 1. The number of aliphatic hydroxyl groups excluding tert-OH is 1. The highest BCUT2D eigenvalue weighted by molar-refractivity contribution is 9.10. The van der Waals surface area contributed by atoms with Gasteiger partial charge in [0.05, 0.1) is 6.10 Å². The molecule has 0 bridgehead atoms. The van der Waals surface area contributed by atoms with Crippen molar-refractivity contribution in [3.63, 3.8) is 0 Å². The van der Waals surface area contributed by atoms with Gasteiger partial charge >= 0.3 is 0 Å². The minimum Gasteiger partial charge on any atom is -0.487 e. The summed E-state index contributed by atoms with van der Waals surface area (Å²) in [5, 5.41) is 10.3. The molecule has 106 valence electrons. The number of unbranched alkanes of at least 4 members (excludes halogenated alkanes) is 3. The standard InChI is InChI=1S/C16H23BrO2/c1-3-4-5-6-9-16(2)11-14(18)13-8-7-12(17)10-15(13)19-16/h7-8,10,14,18H,3-6,9,11H2,1-2H3. The molecule has 0 saturated heterocycles. The Labute approximate surface area is 124 Å². The minimum atomic E-state index is -0.409. The number of aliphatic hydroxyl groups is 1. The lowest BCUT2D eigenvalue weighted by molar-refractivity contribution is -0.00854. The van der Waals surface area contributed by atoms with E-state index in [9.17, 15) is 5.11 Å². The number of hydrogen-bond donors (Lipinski definition) is 1. The van der Waals surface area contributed by atoms with Crippen LogP contribution in [0.25, 0.3) is 0 Å². The van der Waals surface area contributed by atoms with Crippen LogP contribution >= 0.6 is 15.9 Å². The van der Waals surface area contributed by atoms with Crippen molar-refractivity contribution in [3.8, 4) is 5.75 Å². The highest BCUT2D eigenvalue weighted by atomic mass is 79.9. The molecule has 2 rings (SSSR count). The Hall–Kier alpha value is -0.540. The van der Waals surface area contributed by atoms with E-state index >= 15 is 0 Å². The predicted molar refractivity (Wildman–Crippen MR) is 81.5 cm³/mol. The summed E-state index contributed by atoms with van der Waals surface area (Å²) in [4.78, 5) is 0. The molecule has 1 aromatic rings. The van der Waals surface area contributed by atoms with E-state index in [1.165, 1.54) is 25.7 Å². The Morgan fingerprint density at radius 2 is 2.16 bits per heavy atom. The van der Waals surface area contributed by atoms with Gasteiger partial charge in [-0.1, -0.05) is 48.2 Å². The zero-order valence-electron chi connectivity index (χ0n) is 11.8. The van der Waals surface area contributed by atoms with Crippen LogP contribution in [0.2, 0.25) is 0 Å². The molecule has 3 heteroatoms. The van der Waals surface area contributed by atoms with E-state index in [0.29, 0.717) is 6.42 Å². The van der Waals surface area contributed by atoms with Gasteiger partial charge in [-0.2, -0.15) is 0 Å². The van der Waals surface area contributed by atoms with Crippen molar-refractivity contribution in [1.82, 2.24) is 0 Å². The molecule has 1 aliphatic heterocycles. The maximum absolute atomic E-state index is 10.3. The van der Waals surface area contributed by atoms with E-state index in [-0.39, 0.29) is 5.60 Å². The smallest absolute Gasteiger partial charge is 0.127 e. The molecule has 0 saturated carbocycles. The van der Waals surface area contributed by atoms with E-state index in [1.807, 2.05) is 18.2 Å². The Morgan fingerprint density at radius 3 is 2.89 bits per heavy atom. The average Bonchev–Trinajstić information content (AvgIpc) is 2.34. The van der Waals surface area contributed by atoms with Crippen LogP contribution in [-0.2, 0) is 0 Å². The third-order valence-corrected chi connectivity index (χ3v) is 4.37. The van der Waals surface area contributed by atoms with Crippen LogP contribution in [0.5, 0.6) is 5.75 Å². The summed E-state index contributed by atoms with van der Waals surface area (Å²) in [6, 6.07) is 5.86. The molecule has 0 spiro atoms. The maximum atomic E-state index is 10.3. The molecule has 1 aromatic carbocycles. The largest absolute Gasteiger partial charge is 0.487 e. The summed E-state index contributed by atoms with van der Waals surface area (Å²) in [6.45, 7) is 4.34. The SMILES string of the molecule is CCCCCCC1(C)CC(O)c2ccc(Br)cc2O1. The van der Waals surface area contributed by atoms with Gasteiger partial charge in [-0.25, -0.2) is 0 Å². The molecule has 0 aliphatic carbocycles. The van der Waals surface area contributed by atoms with Crippen LogP contribution in [0.1, 0.15) is 64.0 Å². The number of benzene rings is 1. The van der Waals surface area contributed by atoms with E-state index < -0.39 is 6.10 Å². The van der Waals surface area contributed by atoms with Crippen LogP contribution < -0.4 is 4.74 Å². The molecule has 1 heterocycles. The molecule has 0 fully saturated rings. The molecule has 1 N–H and O–H groups in total. The van der Waals surface area contributed by atoms with Crippen molar-refractivity contribution < 1.29 is 9.84 Å². The first-order valence-electron chi connectivity index (χ1n) is 7.20. The summed E-state index contributed by atoms with van der Waals surface area (Å²) in [5.74, 6) is 0.825. The lowest BCUT2D eigenvalue weighted by Gasteiger charge is -2.38. The second kappa shape index (κ2) is 6.27. The third kappa shape index (κ3) is 3.73. The third-order valence-electron chi connectivity index (χ3n) is 3.88. The van der Waals surface area contributed by atoms with Gasteiger partial charge in [0, 0.05) is 16.5 Å². The van der Waals surface area contributed by atoms with Crippen molar-refractivity contribution in [2.24, 2.45) is 0 Å². The van der Waals surface area contributed by atoms with Gasteiger partial charge in [0.1, 0.15) is 11.4 Å². The molecule has 0 radical (unpaired) electrons. The Kier molecular flexibility index (Phi) is 4.91. The summed E-state index contributed by atoms with van der Waals surface area (Å²) >= 11 is 3.46.